The van der Waals surface area contributed by atoms with E-state index in [9.17, 15) is 4.79 Å². The summed E-state index contributed by atoms with van der Waals surface area (Å²) < 4.78 is 5.69. The molecule has 4 nitrogen and oxygen atoms in total. The van der Waals surface area contributed by atoms with Gasteiger partial charge in [-0.05, 0) is 49.3 Å². The third-order valence-electron chi connectivity index (χ3n) is 3.64. The average molecular weight is 292 g/mol. The zero-order valence-corrected chi connectivity index (χ0v) is 13.6. The molecule has 1 aromatic rings. The zero-order valence-electron chi connectivity index (χ0n) is 13.6. The molecule has 21 heavy (non-hydrogen) atoms. The molecule has 1 amide bonds. The molecule has 4 N–H and O–H groups in total. The molecule has 118 valence electrons. The number of primary amides is 1. The first kappa shape index (κ1) is 17.5. The molecule has 1 unspecified atom stereocenters. The summed E-state index contributed by atoms with van der Waals surface area (Å²) in [5, 5.41) is 0. The number of hydrogen-bond donors (Lipinski definition) is 2. The van der Waals surface area contributed by atoms with Gasteiger partial charge in [-0.15, -0.1) is 0 Å². The van der Waals surface area contributed by atoms with Gasteiger partial charge in [0.15, 0.2) is 0 Å². The van der Waals surface area contributed by atoms with E-state index in [0.29, 0.717) is 13.0 Å². The quantitative estimate of drug-likeness (QED) is 0.758. The van der Waals surface area contributed by atoms with Crippen LogP contribution in [0.3, 0.4) is 0 Å². The molecular formula is C17H28N2O2. The Morgan fingerprint density at radius 2 is 1.67 bits per heavy atom. The summed E-state index contributed by atoms with van der Waals surface area (Å²) in [6.45, 7) is 8.84. The molecule has 0 aromatic heterocycles. The Kier molecular flexibility index (Phi) is 5.78. The Hall–Kier alpha value is -1.55. The van der Waals surface area contributed by atoms with Crippen LogP contribution in [0.25, 0.3) is 0 Å². The smallest absolute Gasteiger partial charge is 0.237 e. The number of rotatable bonds is 7. The van der Waals surface area contributed by atoms with Crippen LogP contribution in [-0.2, 0) is 10.2 Å². The molecule has 0 saturated carbocycles. The van der Waals surface area contributed by atoms with E-state index in [1.54, 1.807) is 6.92 Å². The van der Waals surface area contributed by atoms with Gasteiger partial charge in [-0.1, -0.05) is 32.9 Å². The average Bonchev–Trinajstić information content (AvgIpc) is 2.37. The van der Waals surface area contributed by atoms with Gasteiger partial charge in [-0.2, -0.15) is 0 Å². The van der Waals surface area contributed by atoms with Gasteiger partial charge in [-0.3, -0.25) is 4.79 Å². The van der Waals surface area contributed by atoms with E-state index in [-0.39, 0.29) is 5.41 Å². The van der Waals surface area contributed by atoms with E-state index in [1.807, 2.05) is 12.1 Å². The fourth-order valence-corrected chi connectivity index (χ4v) is 1.96. The van der Waals surface area contributed by atoms with Crippen LogP contribution in [0.4, 0.5) is 0 Å². The summed E-state index contributed by atoms with van der Waals surface area (Å²) in [5.74, 6) is 0.412. The molecule has 0 bridgehead atoms. The highest BCUT2D eigenvalue weighted by Gasteiger charge is 2.24. The minimum atomic E-state index is -0.922. The van der Waals surface area contributed by atoms with Crippen molar-refractivity contribution in [1.82, 2.24) is 0 Å². The maximum absolute atomic E-state index is 11.1. The minimum absolute atomic E-state index is 0.152. The second kappa shape index (κ2) is 6.94. The van der Waals surface area contributed by atoms with Crippen molar-refractivity contribution in [1.29, 1.82) is 0 Å². The summed E-state index contributed by atoms with van der Waals surface area (Å²) in [6.07, 6.45) is 2.24. The fourth-order valence-electron chi connectivity index (χ4n) is 1.96. The van der Waals surface area contributed by atoms with Gasteiger partial charge in [0.1, 0.15) is 5.75 Å². The largest absolute Gasteiger partial charge is 0.494 e. The normalized spacial score (nSPS) is 14.5. The van der Waals surface area contributed by atoms with Crippen molar-refractivity contribution in [3.63, 3.8) is 0 Å². The van der Waals surface area contributed by atoms with Crippen molar-refractivity contribution >= 4 is 5.91 Å². The van der Waals surface area contributed by atoms with Gasteiger partial charge in [0, 0.05) is 0 Å². The summed E-state index contributed by atoms with van der Waals surface area (Å²) in [4.78, 5) is 11.1. The lowest BCUT2D eigenvalue weighted by atomic mass is 9.87. The van der Waals surface area contributed by atoms with Crippen LogP contribution in [-0.4, -0.2) is 18.1 Å². The molecule has 0 spiro atoms. The molecule has 0 radical (unpaired) electrons. The summed E-state index contributed by atoms with van der Waals surface area (Å²) in [6, 6.07) is 8.19. The second-order valence-electron chi connectivity index (χ2n) is 6.86. The van der Waals surface area contributed by atoms with Crippen molar-refractivity contribution in [2.24, 2.45) is 11.5 Å². The summed E-state index contributed by atoms with van der Waals surface area (Å²) in [7, 11) is 0. The van der Waals surface area contributed by atoms with E-state index in [4.69, 9.17) is 16.2 Å². The van der Waals surface area contributed by atoms with Crippen LogP contribution in [0.5, 0.6) is 5.75 Å². The number of nitrogens with two attached hydrogens (primary N) is 2. The maximum atomic E-state index is 11.1. The fraction of sp³-hybridized carbons (Fsp3) is 0.588. The lowest BCUT2D eigenvalue weighted by molar-refractivity contribution is -0.122. The van der Waals surface area contributed by atoms with Crippen LogP contribution in [0, 0.1) is 0 Å². The number of unbranched alkanes of at least 4 members (excludes halogenated alkanes) is 1. The van der Waals surface area contributed by atoms with Gasteiger partial charge in [-0.25, -0.2) is 0 Å². The molecule has 0 aliphatic carbocycles. The molecule has 0 heterocycles. The second-order valence-corrected chi connectivity index (χ2v) is 6.86. The predicted molar refractivity (Wildman–Crippen MR) is 86.3 cm³/mol. The van der Waals surface area contributed by atoms with E-state index in [0.717, 1.165) is 18.6 Å². The summed E-state index contributed by atoms with van der Waals surface area (Å²) in [5.41, 5.74) is 11.5. The van der Waals surface area contributed by atoms with Gasteiger partial charge in [0.25, 0.3) is 0 Å². The maximum Gasteiger partial charge on any atom is 0.237 e. The number of carbonyl (C=O) groups excluding carboxylic acids is 1. The number of carbonyl (C=O) groups is 1. The van der Waals surface area contributed by atoms with Crippen LogP contribution in [0.2, 0.25) is 0 Å². The number of benzene rings is 1. The Morgan fingerprint density at radius 1 is 1.10 bits per heavy atom. The highest BCUT2D eigenvalue weighted by Crippen LogP contribution is 2.24. The highest BCUT2D eigenvalue weighted by molar-refractivity contribution is 5.83. The first-order valence-corrected chi connectivity index (χ1v) is 7.45. The SMILES string of the molecule is CC(N)(CCCCOc1ccc(C(C)(C)C)cc1)C(N)=O. The van der Waals surface area contributed by atoms with Crippen molar-refractivity contribution in [2.45, 2.75) is 57.9 Å². The topological polar surface area (TPSA) is 78.3 Å². The van der Waals surface area contributed by atoms with E-state index < -0.39 is 11.4 Å². The molecular weight excluding hydrogens is 264 g/mol. The number of hydrogen-bond acceptors (Lipinski definition) is 3. The molecule has 0 saturated heterocycles. The van der Waals surface area contributed by atoms with Gasteiger partial charge in [0.05, 0.1) is 12.1 Å². The van der Waals surface area contributed by atoms with Gasteiger partial charge in [0.2, 0.25) is 5.91 Å². The third-order valence-corrected chi connectivity index (χ3v) is 3.64. The van der Waals surface area contributed by atoms with E-state index in [2.05, 4.69) is 32.9 Å². The molecule has 1 atom stereocenters. The first-order valence-electron chi connectivity index (χ1n) is 7.45. The molecule has 1 aromatic carbocycles. The van der Waals surface area contributed by atoms with Crippen molar-refractivity contribution in [2.75, 3.05) is 6.61 Å². The molecule has 0 fully saturated rings. The van der Waals surface area contributed by atoms with Gasteiger partial charge >= 0.3 is 0 Å². The molecule has 0 aliphatic rings. The van der Waals surface area contributed by atoms with E-state index >= 15 is 0 Å². The standard InChI is InChI=1S/C17H28N2O2/c1-16(2,3)13-7-9-14(10-8-13)21-12-6-5-11-17(4,19)15(18)20/h7-10H,5-6,11-12,19H2,1-4H3,(H2,18,20). The Bertz CT molecular complexity index is 459. The molecule has 4 heteroatoms. The van der Waals surface area contributed by atoms with Crippen molar-refractivity contribution < 1.29 is 9.53 Å². The number of ether oxygens (including phenoxy) is 1. The van der Waals surface area contributed by atoms with Crippen LogP contribution in [0.15, 0.2) is 24.3 Å². The summed E-state index contributed by atoms with van der Waals surface area (Å²) >= 11 is 0. The molecule has 1 rings (SSSR count). The Balaban J connectivity index is 2.32. The lowest BCUT2D eigenvalue weighted by Gasteiger charge is -2.20. The van der Waals surface area contributed by atoms with Crippen LogP contribution < -0.4 is 16.2 Å². The van der Waals surface area contributed by atoms with Crippen molar-refractivity contribution in [3.05, 3.63) is 29.8 Å². The molecule has 0 aliphatic heterocycles. The number of amides is 1. The Morgan fingerprint density at radius 3 is 2.14 bits per heavy atom. The third kappa shape index (κ3) is 5.76. The minimum Gasteiger partial charge on any atom is -0.494 e. The predicted octanol–water partition coefficient (Wildman–Crippen LogP) is 2.74. The van der Waals surface area contributed by atoms with Gasteiger partial charge < -0.3 is 16.2 Å². The Labute approximate surface area is 127 Å². The lowest BCUT2D eigenvalue weighted by Crippen LogP contribution is -2.49. The van der Waals surface area contributed by atoms with Crippen LogP contribution in [0.1, 0.15) is 52.5 Å². The monoisotopic (exact) mass is 292 g/mol. The first-order chi connectivity index (χ1) is 9.63. The van der Waals surface area contributed by atoms with E-state index in [1.165, 1.54) is 5.56 Å². The zero-order chi connectivity index (χ0) is 16.1. The highest BCUT2D eigenvalue weighted by atomic mass is 16.5. The van der Waals surface area contributed by atoms with Crippen molar-refractivity contribution in [3.8, 4) is 5.75 Å². The van der Waals surface area contributed by atoms with Crippen LogP contribution >= 0.6 is 0 Å².